The number of nitrogens with one attached hydrogen (secondary N) is 1. The summed E-state index contributed by atoms with van der Waals surface area (Å²) >= 11 is 0. The first-order valence-electron chi connectivity index (χ1n) is 9.91. The van der Waals surface area contributed by atoms with Gasteiger partial charge in [0, 0.05) is 18.7 Å². The van der Waals surface area contributed by atoms with Gasteiger partial charge in [0.05, 0.1) is 23.8 Å². The minimum Gasteiger partial charge on any atom is -0.465 e. The van der Waals surface area contributed by atoms with Crippen LogP contribution >= 0.6 is 0 Å². The first-order valence-corrected chi connectivity index (χ1v) is 9.91. The summed E-state index contributed by atoms with van der Waals surface area (Å²) in [6.45, 7) is 1.44. The van der Waals surface area contributed by atoms with E-state index in [0.29, 0.717) is 22.4 Å². The van der Waals surface area contributed by atoms with Crippen LogP contribution in [0.4, 0.5) is 5.69 Å². The number of esters is 2. The van der Waals surface area contributed by atoms with Crippen molar-refractivity contribution in [1.82, 2.24) is 4.90 Å². The molecule has 32 heavy (non-hydrogen) atoms. The van der Waals surface area contributed by atoms with Gasteiger partial charge in [-0.05, 0) is 49.7 Å². The fourth-order valence-corrected chi connectivity index (χ4v) is 3.21. The second-order valence-corrected chi connectivity index (χ2v) is 7.19. The molecule has 1 aliphatic rings. The highest BCUT2D eigenvalue weighted by Crippen LogP contribution is 2.24. The van der Waals surface area contributed by atoms with E-state index in [9.17, 15) is 24.0 Å². The molecular weight excluding hydrogens is 416 g/mol. The lowest BCUT2D eigenvalue weighted by atomic mass is 10.1. The van der Waals surface area contributed by atoms with Crippen molar-refractivity contribution in [1.29, 1.82) is 0 Å². The zero-order valence-electron chi connectivity index (χ0n) is 17.7. The van der Waals surface area contributed by atoms with Gasteiger partial charge in [-0.3, -0.25) is 24.1 Å². The van der Waals surface area contributed by atoms with E-state index in [2.05, 4.69) is 10.1 Å². The number of amides is 3. The van der Waals surface area contributed by atoms with Crippen LogP contribution in [0.3, 0.4) is 0 Å². The van der Waals surface area contributed by atoms with Gasteiger partial charge in [-0.25, -0.2) is 4.79 Å². The van der Waals surface area contributed by atoms with Gasteiger partial charge in [-0.15, -0.1) is 0 Å². The number of anilines is 1. The zero-order chi connectivity index (χ0) is 23.3. The molecule has 0 radical (unpaired) electrons. The number of hydrogen-bond acceptors (Lipinski definition) is 7. The van der Waals surface area contributed by atoms with Crippen molar-refractivity contribution < 1.29 is 33.4 Å². The molecule has 1 heterocycles. The van der Waals surface area contributed by atoms with Crippen molar-refractivity contribution in [3.63, 3.8) is 0 Å². The third-order valence-corrected chi connectivity index (χ3v) is 4.84. The molecule has 0 saturated carbocycles. The SMILES string of the molecule is COC(=O)c1ccc(NC(=O)COC(=O)CCCN2C(=O)c3ccc(C)cc3C2=O)cc1. The number of carbonyl (C=O) groups excluding carboxylic acids is 5. The normalized spacial score (nSPS) is 12.4. The van der Waals surface area contributed by atoms with Crippen LogP contribution in [0, 0.1) is 6.92 Å². The first-order chi connectivity index (χ1) is 15.3. The summed E-state index contributed by atoms with van der Waals surface area (Å²) in [7, 11) is 1.27. The highest BCUT2D eigenvalue weighted by molar-refractivity contribution is 6.21. The molecule has 0 fully saturated rings. The van der Waals surface area contributed by atoms with Crippen molar-refractivity contribution in [3.8, 4) is 0 Å². The van der Waals surface area contributed by atoms with E-state index in [-0.39, 0.29) is 31.2 Å². The molecular formula is C23H22N2O7. The molecule has 0 atom stereocenters. The third kappa shape index (κ3) is 5.18. The van der Waals surface area contributed by atoms with Gasteiger partial charge in [0.15, 0.2) is 6.61 Å². The molecule has 0 aliphatic carbocycles. The minimum absolute atomic E-state index is 0.0481. The standard InChI is InChI=1S/C23H22N2O7/c1-14-5-10-17-18(12-14)22(29)25(21(17)28)11-3-4-20(27)32-13-19(26)24-16-8-6-15(7-9-16)23(30)31-2/h5-10,12H,3-4,11,13H2,1-2H3,(H,24,26). The maximum Gasteiger partial charge on any atom is 0.337 e. The Balaban J connectivity index is 1.40. The van der Waals surface area contributed by atoms with E-state index < -0.39 is 24.5 Å². The predicted molar refractivity (Wildman–Crippen MR) is 113 cm³/mol. The average molecular weight is 438 g/mol. The third-order valence-electron chi connectivity index (χ3n) is 4.84. The van der Waals surface area contributed by atoms with E-state index in [1.807, 2.05) is 6.92 Å². The topological polar surface area (TPSA) is 119 Å². The van der Waals surface area contributed by atoms with Crippen molar-refractivity contribution in [2.24, 2.45) is 0 Å². The number of carbonyl (C=O) groups is 5. The summed E-state index contributed by atoms with van der Waals surface area (Å²) < 4.78 is 9.53. The lowest BCUT2D eigenvalue weighted by Crippen LogP contribution is -2.31. The van der Waals surface area contributed by atoms with Crippen LogP contribution in [0.2, 0.25) is 0 Å². The molecule has 1 aliphatic heterocycles. The van der Waals surface area contributed by atoms with Crippen LogP contribution in [-0.4, -0.2) is 54.8 Å². The second kappa shape index (κ2) is 9.86. The monoisotopic (exact) mass is 438 g/mol. The van der Waals surface area contributed by atoms with E-state index in [0.717, 1.165) is 10.5 Å². The number of imide groups is 1. The Morgan fingerprint density at radius 2 is 1.66 bits per heavy atom. The van der Waals surface area contributed by atoms with Gasteiger partial charge < -0.3 is 14.8 Å². The Bertz CT molecular complexity index is 1080. The van der Waals surface area contributed by atoms with E-state index in [1.165, 1.54) is 31.4 Å². The van der Waals surface area contributed by atoms with Gasteiger partial charge in [-0.1, -0.05) is 11.6 Å². The highest BCUT2D eigenvalue weighted by atomic mass is 16.5. The molecule has 3 amide bonds. The van der Waals surface area contributed by atoms with Gasteiger partial charge in [-0.2, -0.15) is 0 Å². The number of rotatable bonds is 8. The molecule has 0 bridgehead atoms. The minimum atomic E-state index is -0.617. The van der Waals surface area contributed by atoms with Crippen LogP contribution in [0.1, 0.15) is 49.5 Å². The summed E-state index contributed by atoms with van der Waals surface area (Å²) in [6.07, 6.45) is 0.174. The molecule has 0 saturated heterocycles. The largest absolute Gasteiger partial charge is 0.465 e. The first kappa shape index (κ1) is 22.7. The van der Waals surface area contributed by atoms with Crippen molar-refractivity contribution >= 4 is 35.3 Å². The highest BCUT2D eigenvalue weighted by Gasteiger charge is 2.35. The Morgan fingerprint density at radius 1 is 0.969 bits per heavy atom. The number of benzene rings is 2. The van der Waals surface area contributed by atoms with Gasteiger partial charge in [0.1, 0.15) is 0 Å². The number of hydrogen-bond donors (Lipinski definition) is 1. The van der Waals surface area contributed by atoms with Gasteiger partial charge >= 0.3 is 11.9 Å². The predicted octanol–water partition coefficient (Wildman–Crippen LogP) is 2.34. The summed E-state index contributed by atoms with van der Waals surface area (Å²) in [4.78, 5) is 61.1. The number of nitrogens with zero attached hydrogens (tertiary/aromatic N) is 1. The molecule has 9 nitrogen and oxygen atoms in total. The fraction of sp³-hybridized carbons (Fsp3) is 0.261. The Hall–Kier alpha value is -4.01. The van der Waals surface area contributed by atoms with Crippen molar-refractivity contribution in [2.75, 3.05) is 25.6 Å². The summed E-state index contributed by atoms with van der Waals surface area (Å²) in [5.41, 5.74) is 2.38. The average Bonchev–Trinajstić information content (AvgIpc) is 3.01. The van der Waals surface area contributed by atoms with E-state index in [1.54, 1.807) is 18.2 Å². The summed E-state index contributed by atoms with van der Waals surface area (Å²) in [6, 6.07) is 11.1. The van der Waals surface area contributed by atoms with Crippen LogP contribution in [-0.2, 0) is 19.1 Å². The summed E-state index contributed by atoms with van der Waals surface area (Å²) in [5.74, 6) is -2.41. The maximum absolute atomic E-state index is 12.4. The number of methoxy groups -OCH3 is 1. The van der Waals surface area contributed by atoms with E-state index >= 15 is 0 Å². The van der Waals surface area contributed by atoms with Crippen LogP contribution < -0.4 is 5.32 Å². The van der Waals surface area contributed by atoms with Crippen LogP contribution in [0.25, 0.3) is 0 Å². The van der Waals surface area contributed by atoms with Crippen LogP contribution in [0.15, 0.2) is 42.5 Å². The second-order valence-electron chi connectivity index (χ2n) is 7.19. The fourth-order valence-electron chi connectivity index (χ4n) is 3.21. The molecule has 0 spiro atoms. The molecule has 166 valence electrons. The van der Waals surface area contributed by atoms with Crippen molar-refractivity contribution in [2.45, 2.75) is 19.8 Å². The van der Waals surface area contributed by atoms with Crippen LogP contribution in [0.5, 0.6) is 0 Å². The quantitative estimate of drug-likeness (QED) is 0.496. The molecule has 9 heteroatoms. The van der Waals surface area contributed by atoms with Crippen molar-refractivity contribution in [3.05, 3.63) is 64.7 Å². The summed E-state index contributed by atoms with van der Waals surface area (Å²) in [5, 5.41) is 2.54. The Morgan fingerprint density at radius 3 is 2.34 bits per heavy atom. The number of fused-ring (bicyclic) bond motifs is 1. The molecule has 1 N–H and O–H groups in total. The molecule has 0 aromatic heterocycles. The van der Waals surface area contributed by atoms with Gasteiger partial charge in [0.2, 0.25) is 0 Å². The smallest absolute Gasteiger partial charge is 0.337 e. The Labute approximate surface area is 184 Å². The molecule has 2 aromatic carbocycles. The molecule has 0 unspecified atom stereocenters. The van der Waals surface area contributed by atoms with E-state index in [4.69, 9.17) is 4.74 Å². The van der Waals surface area contributed by atoms with Gasteiger partial charge in [0.25, 0.3) is 17.7 Å². The molecule has 3 rings (SSSR count). The molecule has 2 aromatic rings. The lowest BCUT2D eigenvalue weighted by molar-refractivity contribution is -0.147. The lowest BCUT2D eigenvalue weighted by Gasteiger charge is -2.13. The zero-order valence-corrected chi connectivity index (χ0v) is 17.7. The number of aryl methyl sites for hydroxylation is 1. The Kier molecular flexibility index (Phi) is 6.99. The maximum atomic E-state index is 12.4. The number of ether oxygens (including phenoxy) is 2.